The Kier molecular flexibility index (Phi) is 5.91. The lowest BCUT2D eigenvalue weighted by atomic mass is 9.80. The molecule has 0 radical (unpaired) electrons. The Morgan fingerprint density at radius 3 is 2.90 bits per heavy atom. The van der Waals surface area contributed by atoms with Crippen molar-refractivity contribution in [3.8, 4) is 6.07 Å². The standard InChI is InChI=1S/C14H18N2O4/c1-20-13(17)8-10-14(16(18)19,9-5-11-15)12-6-3-2-4-7-12/h6,8,10H,2-5,7,9H2,1H3/b10-8+. The van der Waals surface area contributed by atoms with Crippen LogP contribution in [0.2, 0.25) is 0 Å². The van der Waals surface area contributed by atoms with Crippen LogP contribution in [0.5, 0.6) is 0 Å². The van der Waals surface area contributed by atoms with Crippen molar-refractivity contribution in [2.24, 2.45) is 0 Å². The summed E-state index contributed by atoms with van der Waals surface area (Å²) in [7, 11) is 1.22. The first-order valence-corrected chi connectivity index (χ1v) is 6.55. The van der Waals surface area contributed by atoms with E-state index in [1.54, 1.807) is 0 Å². The molecule has 0 aliphatic heterocycles. The Hall–Kier alpha value is -2.16. The van der Waals surface area contributed by atoms with Gasteiger partial charge in [0.25, 0.3) is 5.54 Å². The van der Waals surface area contributed by atoms with E-state index in [1.807, 2.05) is 12.1 Å². The number of rotatable bonds is 6. The molecule has 108 valence electrons. The molecule has 0 heterocycles. The second-order valence-electron chi connectivity index (χ2n) is 4.67. The number of carbonyl (C=O) groups excluding carboxylic acids is 1. The lowest BCUT2D eigenvalue weighted by Gasteiger charge is -2.26. The van der Waals surface area contributed by atoms with Gasteiger partial charge in [0.15, 0.2) is 0 Å². The molecule has 0 aromatic carbocycles. The van der Waals surface area contributed by atoms with Crippen molar-refractivity contribution in [3.63, 3.8) is 0 Å². The minimum Gasteiger partial charge on any atom is -0.466 e. The Morgan fingerprint density at radius 1 is 1.65 bits per heavy atom. The topological polar surface area (TPSA) is 93.2 Å². The predicted molar refractivity (Wildman–Crippen MR) is 72.3 cm³/mol. The third-order valence-corrected chi connectivity index (χ3v) is 3.49. The molecule has 0 spiro atoms. The fraction of sp³-hybridized carbons (Fsp3) is 0.571. The Morgan fingerprint density at radius 2 is 2.40 bits per heavy atom. The van der Waals surface area contributed by atoms with E-state index in [4.69, 9.17) is 5.26 Å². The van der Waals surface area contributed by atoms with Gasteiger partial charge in [-0.25, -0.2) is 4.79 Å². The van der Waals surface area contributed by atoms with E-state index < -0.39 is 16.4 Å². The molecule has 6 heteroatoms. The fourth-order valence-electron chi connectivity index (χ4n) is 2.37. The highest BCUT2D eigenvalue weighted by atomic mass is 16.6. The van der Waals surface area contributed by atoms with Crippen molar-refractivity contribution in [2.45, 2.75) is 44.1 Å². The molecule has 1 aliphatic rings. The molecule has 0 aromatic rings. The summed E-state index contributed by atoms with van der Waals surface area (Å²) in [6, 6.07) is 1.94. The van der Waals surface area contributed by atoms with Crippen molar-refractivity contribution >= 4 is 5.97 Å². The summed E-state index contributed by atoms with van der Waals surface area (Å²) in [5, 5.41) is 20.3. The van der Waals surface area contributed by atoms with E-state index in [0.29, 0.717) is 12.0 Å². The van der Waals surface area contributed by atoms with Gasteiger partial charge < -0.3 is 4.74 Å². The van der Waals surface area contributed by atoms with Gasteiger partial charge in [0.2, 0.25) is 0 Å². The maximum atomic E-state index is 11.6. The van der Waals surface area contributed by atoms with Crippen molar-refractivity contribution < 1.29 is 14.5 Å². The second kappa shape index (κ2) is 7.43. The highest BCUT2D eigenvalue weighted by molar-refractivity contribution is 5.82. The summed E-state index contributed by atoms with van der Waals surface area (Å²) in [5.74, 6) is -0.635. The van der Waals surface area contributed by atoms with Gasteiger partial charge in [0.05, 0.1) is 13.2 Å². The van der Waals surface area contributed by atoms with Gasteiger partial charge in [-0.1, -0.05) is 6.08 Å². The number of carbonyl (C=O) groups is 1. The van der Waals surface area contributed by atoms with E-state index in [9.17, 15) is 14.9 Å². The predicted octanol–water partition coefficient (Wildman–Crippen LogP) is 2.54. The van der Waals surface area contributed by atoms with Gasteiger partial charge in [0.1, 0.15) is 0 Å². The van der Waals surface area contributed by atoms with Crippen molar-refractivity contribution in [1.29, 1.82) is 5.26 Å². The third kappa shape index (κ3) is 3.67. The van der Waals surface area contributed by atoms with Gasteiger partial charge in [-0.3, -0.25) is 10.1 Å². The van der Waals surface area contributed by atoms with Gasteiger partial charge in [-0.05, 0) is 25.7 Å². The zero-order valence-electron chi connectivity index (χ0n) is 11.5. The maximum absolute atomic E-state index is 11.6. The van der Waals surface area contributed by atoms with Gasteiger partial charge in [0, 0.05) is 35.5 Å². The number of nitrogens with zero attached hydrogens (tertiary/aromatic N) is 2. The average molecular weight is 278 g/mol. The Bertz CT molecular complexity index is 476. The summed E-state index contributed by atoms with van der Waals surface area (Å²) in [6.45, 7) is 0. The van der Waals surface area contributed by atoms with Crippen LogP contribution >= 0.6 is 0 Å². The minimum atomic E-state index is -1.47. The molecule has 1 unspecified atom stereocenters. The number of ether oxygens (including phenoxy) is 1. The van der Waals surface area contributed by atoms with Gasteiger partial charge >= 0.3 is 5.97 Å². The number of hydrogen-bond donors (Lipinski definition) is 0. The Balaban J connectivity index is 3.16. The van der Waals surface area contributed by atoms with Crippen LogP contribution in [0.3, 0.4) is 0 Å². The van der Waals surface area contributed by atoms with Crippen molar-refractivity contribution in [2.75, 3.05) is 7.11 Å². The third-order valence-electron chi connectivity index (χ3n) is 3.49. The van der Waals surface area contributed by atoms with Crippen molar-refractivity contribution in [1.82, 2.24) is 0 Å². The number of allylic oxidation sites excluding steroid dienone is 1. The molecule has 0 saturated carbocycles. The highest BCUT2D eigenvalue weighted by Gasteiger charge is 2.43. The summed E-state index contributed by atoms with van der Waals surface area (Å²) < 4.78 is 4.48. The smallest absolute Gasteiger partial charge is 0.330 e. The van der Waals surface area contributed by atoms with Crippen molar-refractivity contribution in [3.05, 3.63) is 33.9 Å². The molecule has 1 atom stereocenters. The monoisotopic (exact) mass is 278 g/mol. The number of nitriles is 1. The lowest BCUT2D eigenvalue weighted by Crippen LogP contribution is -2.39. The molecular formula is C14H18N2O4. The van der Waals surface area contributed by atoms with Crippen LogP contribution in [-0.4, -0.2) is 23.5 Å². The summed E-state index contributed by atoms with van der Waals surface area (Å²) in [4.78, 5) is 22.4. The molecule has 0 N–H and O–H groups in total. The average Bonchev–Trinajstić information content (AvgIpc) is 2.48. The number of nitro groups is 1. The molecule has 0 amide bonds. The van der Waals surface area contributed by atoms with Crippen LogP contribution < -0.4 is 0 Å². The first-order valence-electron chi connectivity index (χ1n) is 6.55. The zero-order chi connectivity index (χ0) is 15.0. The van der Waals surface area contributed by atoms with Crippen LogP contribution in [0, 0.1) is 21.4 Å². The molecule has 0 aromatic heterocycles. The quantitative estimate of drug-likeness (QED) is 0.245. The molecule has 1 aliphatic carbocycles. The van der Waals surface area contributed by atoms with Crippen LogP contribution in [0.4, 0.5) is 0 Å². The SMILES string of the molecule is COC(=O)/C=C/C(CCC#N)(C1=CCCCC1)[N+](=O)[O-]. The van der Waals surface area contributed by atoms with Gasteiger partial charge in [-0.15, -0.1) is 0 Å². The van der Waals surface area contributed by atoms with E-state index in [2.05, 4.69) is 4.74 Å². The summed E-state index contributed by atoms with van der Waals surface area (Å²) in [6.07, 6.45) is 7.66. The molecule has 6 nitrogen and oxygen atoms in total. The largest absolute Gasteiger partial charge is 0.466 e. The van der Waals surface area contributed by atoms with Crippen LogP contribution in [0.15, 0.2) is 23.8 Å². The number of methoxy groups -OCH3 is 1. The summed E-state index contributed by atoms with van der Waals surface area (Å²) in [5.41, 5.74) is -0.784. The van der Waals surface area contributed by atoms with E-state index in [-0.39, 0.29) is 12.8 Å². The Labute approximate surface area is 117 Å². The molecular weight excluding hydrogens is 260 g/mol. The molecule has 0 saturated heterocycles. The van der Waals surface area contributed by atoms with Crippen LogP contribution in [0.25, 0.3) is 0 Å². The normalized spacial score (nSPS) is 17.9. The highest BCUT2D eigenvalue weighted by Crippen LogP contribution is 2.34. The van der Waals surface area contributed by atoms with E-state index in [1.165, 1.54) is 13.2 Å². The lowest BCUT2D eigenvalue weighted by molar-refractivity contribution is -0.545. The van der Waals surface area contributed by atoms with Crippen LogP contribution in [0.1, 0.15) is 38.5 Å². The maximum Gasteiger partial charge on any atom is 0.330 e. The van der Waals surface area contributed by atoms with E-state index in [0.717, 1.165) is 25.3 Å². The molecule has 0 fully saturated rings. The molecule has 1 rings (SSSR count). The molecule has 0 bridgehead atoms. The fourth-order valence-corrected chi connectivity index (χ4v) is 2.37. The second-order valence-corrected chi connectivity index (χ2v) is 4.67. The summed E-state index contributed by atoms with van der Waals surface area (Å²) >= 11 is 0. The zero-order valence-corrected chi connectivity index (χ0v) is 11.5. The molecule has 20 heavy (non-hydrogen) atoms. The first-order chi connectivity index (χ1) is 9.56. The van der Waals surface area contributed by atoms with E-state index >= 15 is 0 Å². The number of esters is 1. The minimum absolute atomic E-state index is 0.0594. The number of hydrogen-bond acceptors (Lipinski definition) is 5. The first kappa shape index (κ1) is 15.9. The van der Waals surface area contributed by atoms with Crippen LogP contribution in [-0.2, 0) is 9.53 Å². The van der Waals surface area contributed by atoms with Gasteiger partial charge in [-0.2, -0.15) is 5.26 Å².